The molecule has 1 rings (SSSR count). The highest BCUT2D eigenvalue weighted by Crippen LogP contribution is 2.21. The fourth-order valence-electron chi connectivity index (χ4n) is 1.44. The van der Waals surface area contributed by atoms with Gasteiger partial charge in [-0.25, -0.2) is 0 Å². The highest BCUT2D eigenvalue weighted by molar-refractivity contribution is 5.73. The summed E-state index contributed by atoms with van der Waals surface area (Å²) >= 11 is 0. The van der Waals surface area contributed by atoms with Crippen LogP contribution in [0, 0.1) is 0 Å². The number of carboxylic acid groups (broad SMARTS) is 1. The number of carbonyl (C=O) groups is 1. The summed E-state index contributed by atoms with van der Waals surface area (Å²) < 4.78 is 36.4. The van der Waals surface area contributed by atoms with Crippen LogP contribution in [0.5, 0.6) is 0 Å². The first-order valence-corrected chi connectivity index (χ1v) is 4.91. The van der Waals surface area contributed by atoms with Crippen molar-refractivity contribution < 1.29 is 23.1 Å². The van der Waals surface area contributed by atoms with Gasteiger partial charge in [0.15, 0.2) is 0 Å². The molecule has 0 fully saturated rings. The second-order valence-corrected chi connectivity index (χ2v) is 3.76. The Labute approximate surface area is 96.0 Å². The molecule has 1 atom stereocenters. The topological polar surface area (TPSA) is 63.3 Å². The van der Waals surface area contributed by atoms with E-state index >= 15 is 0 Å². The van der Waals surface area contributed by atoms with E-state index in [1.165, 1.54) is 18.2 Å². The molecule has 0 aliphatic carbocycles. The molecule has 0 saturated carbocycles. The summed E-state index contributed by atoms with van der Waals surface area (Å²) in [4.78, 5) is 10.5. The molecule has 0 aliphatic rings. The van der Waals surface area contributed by atoms with Crippen molar-refractivity contribution in [3.63, 3.8) is 0 Å². The zero-order valence-corrected chi connectivity index (χ0v) is 8.87. The Morgan fingerprint density at radius 2 is 1.94 bits per heavy atom. The van der Waals surface area contributed by atoms with Gasteiger partial charge in [0.25, 0.3) is 0 Å². The number of rotatable bonds is 4. The molecular formula is C11H12F3NO2. The second kappa shape index (κ2) is 5.18. The molecule has 0 saturated heterocycles. The first kappa shape index (κ1) is 13.5. The number of alkyl halides is 3. The first-order valence-electron chi connectivity index (χ1n) is 4.91. The highest BCUT2D eigenvalue weighted by Gasteiger charge is 2.27. The van der Waals surface area contributed by atoms with E-state index in [4.69, 9.17) is 10.8 Å². The van der Waals surface area contributed by atoms with E-state index in [0.717, 1.165) is 0 Å². The van der Waals surface area contributed by atoms with Crippen molar-refractivity contribution in [3.05, 3.63) is 35.4 Å². The summed E-state index contributed by atoms with van der Waals surface area (Å²) in [5, 5.41) is 8.59. The van der Waals surface area contributed by atoms with Crippen molar-refractivity contribution >= 4 is 5.97 Å². The molecule has 0 aromatic heterocycles. The lowest BCUT2D eigenvalue weighted by atomic mass is 10.0. The molecule has 6 heteroatoms. The average Bonchev–Trinajstić information content (AvgIpc) is 2.15. The molecule has 1 unspecified atom stereocenters. The third kappa shape index (κ3) is 4.86. The minimum atomic E-state index is -4.27. The summed E-state index contributed by atoms with van der Waals surface area (Å²) in [6, 6.07) is 4.60. The van der Waals surface area contributed by atoms with Gasteiger partial charge < -0.3 is 10.8 Å². The second-order valence-electron chi connectivity index (χ2n) is 3.76. The lowest BCUT2D eigenvalue weighted by Gasteiger charge is -2.10. The van der Waals surface area contributed by atoms with Gasteiger partial charge in [-0.05, 0) is 17.5 Å². The molecule has 0 amide bonds. The zero-order valence-electron chi connectivity index (χ0n) is 8.87. The van der Waals surface area contributed by atoms with E-state index in [-0.39, 0.29) is 12.0 Å². The van der Waals surface area contributed by atoms with E-state index in [2.05, 4.69) is 0 Å². The van der Waals surface area contributed by atoms with Crippen LogP contribution in [-0.4, -0.2) is 23.3 Å². The molecule has 3 nitrogen and oxygen atoms in total. The van der Waals surface area contributed by atoms with Crippen LogP contribution in [0.4, 0.5) is 13.2 Å². The van der Waals surface area contributed by atoms with Gasteiger partial charge in [0.2, 0.25) is 0 Å². The van der Waals surface area contributed by atoms with Crippen LogP contribution >= 0.6 is 0 Å². The van der Waals surface area contributed by atoms with Crippen molar-refractivity contribution in [2.24, 2.45) is 5.73 Å². The Bertz CT molecular complexity index is 404. The van der Waals surface area contributed by atoms with Crippen molar-refractivity contribution in [1.29, 1.82) is 0 Å². The average molecular weight is 247 g/mol. The normalized spacial score (nSPS) is 13.4. The Hall–Kier alpha value is -1.56. The van der Waals surface area contributed by atoms with Crippen LogP contribution in [0.15, 0.2) is 24.3 Å². The predicted molar refractivity (Wildman–Crippen MR) is 55.5 cm³/mol. The molecule has 0 spiro atoms. The number of carboxylic acids is 1. The Morgan fingerprint density at radius 3 is 2.47 bits per heavy atom. The minimum Gasteiger partial charge on any atom is -0.480 e. The van der Waals surface area contributed by atoms with Crippen LogP contribution in [0.25, 0.3) is 0 Å². The number of hydrogen-bond donors (Lipinski definition) is 2. The molecule has 0 radical (unpaired) electrons. The van der Waals surface area contributed by atoms with Crippen LogP contribution in [0.3, 0.4) is 0 Å². The zero-order chi connectivity index (χ0) is 13.1. The maximum atomic E-state index is 12.1. The number of benzene rings is 1. The summed E-state index contributed by atoms with van der Waals surface area (Å²) in [7, 11) is 0. The van der Waals surface area contributed by atoms with E-state index in [0.29, 0.717) is 5.56 Å². The summed E-state index contributed by atoms with van der Waals surface area (Å²) in [5.41, 5.74) is 5.90. The summed E-state index contributed by atoms with van der Waals surface area (Å²) in [6.45, 7) is 0. The molecule has 1 aromatic carbocycles. The third-order valence-electron chi connectivity index (χ3n) is 2.17. The van der Waals surface area contributed by atoms with E-state index in [9.17, 15) is 18.0 Å². The predicted octanol–water partition coefficient (Wildman–Crippen LogP) is 1.75. The van der Waals surface area contributed by atoms with Gasteiger partial charge in [-0.1, -0.05) is 24.3 Å². The number of hydrogen-bond acceptors (Lipinski definition) is 2. The van der Waals surface area contributed by atoms with Gasteiger partial charge in [0, 0.05) is 0 Å². The van der Waals surface area contributed by atoms with Crippen molar-refractivity contribution in [2.75, 3.05) is 0 Å². The summed E-state index contributed by atoms with van der Waals surface area (Å²) in [5.74, 6) is -1.17. The van der Waals surface area contributed by atoms with Gasteiger partial charge in [-0.2, -0.15) is 13.2 Å². The quantitative estimate of drug-likeness (QED) is 0.851. The van der Waals surface area contributed by atoms with E-state index < -0.39 is 24.6 Å². The van der Waals surface area contributed by atoms with Gasteiger partial charge in [-0.3, -0.25) is 4.79 Å². The van der Waals surface area contributed by atoms with E-state index in [1.807, 2.05) is 0 Å². The smallest absolute Gasteiger partial charge is 0.393 e. The number of aliphatic carboxylic acids is 1. The first-order chi connectivity index (χ1) is 7.78. The largest absolute Gasteiger partial charge is 0.480 e. The van der Waals surface area contributed by atoms with Crippen molar-refractivity contribution in [3.8, 4) is 0 Å². The fourth-order valence-corrected chi connectivity index (χ4v) is 1.44. The van der Waals surface area contributed by atoms with Gasteiger partial charge >= 0.3 is 12.1 Å². The van der Waals surface area contributed by atoms with Gasteiger partial charge in [-0.15, -0.1) is 0 Å². The molecule has 3 N–H and O–H groups in total. The van der Waals surface area contributed by atoms with Crippen LogP contribution in [0.1, 0.15) is 11.1 Å². The van der Waals surface area contributed by atoms with Crippen molar-refractivity contribution in [2.45, 2.75) is 25.1 Å². The standard InChI is InChI=1S/C11H12F3NO2/c12-11(13,14)6-8-3-1-2-7(4-8)5-9(15)10(16)17/h1-4,9H,5-6,15H2,(H,16,17). The SMILES string of the molecule is NC(Cc1cccc(CC(F)(F)F)c1)C(=O)O. The van der Waals surface area contributed by atoms with E-state index in [1.54, 1.807) is 6.07 Å². The minimum absolute atomic E-state index is 0.0149. The van der Waals surface area contributed by atoms with Gasteiger partial charge in [0.1, 0.15) is 6.04 Å². The van der Waals surface area contributed by atoms with Crippen LogP contribution in [0.2, 0.25) is 0 Å². The highest BCUT2D eigenvalue weighted by atomic mass is 19.4. The Balaban J connectivity index is 2.76. The molecule has 17 heavy (non-hydrogen) atoms. The van der Waals surface area contributed by atoms with Crippen molar-refractivity contribution in [1.82, 2.24) is 0 Å². The molecular weight excluding hydrogens is 235 g/mol. The lowest BCUT2D eigenvalue weighted by Crippen LogP contribution is -2.32. The van der Waals surface area contributed by atoms with Gasteiger partial charge in [0.05, 0.1) is 6.42 Å². The fraction of sp³-hybridized carbons (Fsp3) is 0.364. The Morgan fingerprint density at radius 1 is 1.35 bits per heavy atom. The maximum absolute atomic E-state index is 12.1. The number of nitrogens with two attached hydrogens (primary N) is 1. The molecule has 94 valence electrons. The third-order valence-corrected chi connectivity index (χ3v) is 2.17. The Kier molecular flexibility index (Phi) is 4.11. The molecule has 0 aliphatic heterocycles. The summed E-state index contributed by atoms with van der Waals surface area (Å²) in [6.07, 6.45) is -5.28. The molecule has 0 heterocycles. The maximum Gasteiger partial charge on any atom is 0.393 e. The number of halogens is 3. The lowest BCUT2D eigenvalue weighted by molar-refractivity contribution is -0.138. The van der Waals surface area contributed by atoms with Crippen LogP contribution in [-0.2, 0) is 17.6 Å². The molecule has 0 bridgehead atoms. The van der Waals surface area contributed by atoms with Crippen LogP contribution < -0.4 is 5.73 Å². The molecule has 1 aromatic rings. The monoisotopic (exact) mass is 247 g/mol.